The van der Waals surface area contributed by atoms with E-state index in [9.17, 15) is 0 Å². The Bertz CT molecular complexity index is 483. The largest absolute Gasteiger partial charge is 0.307 e. The standard InChI is InChI=1S/C11H10BrN3/c12-9-3-1-2-4-11(9)15-7-8-5-13-6-10(8)14-15/h1-4,7,13H,5-6H2. The number of aromatic nitrogens is 2. The van der Waals surface area contributed by atoms with Crippen LogP contribution in [0.3, 0.4) is 0 Å². The third-order valence-corrected chi connectivity index (χ3v) is 3.25. The molecule has 0 amide bonds. The lowest BCUT2D eigenvalue weighted by Crippen LogP contribution is -2.05. The lowest BCUT2D eigenvalue weighted by Gasteiger charge is -2.03. The normalized spacial score (nSPS) is 14.2. The molecular formula is C11H10BrN3. The molecule has 1 aromatic carbocycles. The molecule has 0 aliphatic carbocycles. The number of rotatable bonds is 1. The summed E-state index contributed by atoms with van der Waals surface area (Å²) in [5.41, 5.74) is 3.54. The maximum Gasteiger partial charge on any atom is 0.0811 e. The average molecular weight is 264 g/mol. The second-order valence-corrected chi connectivity index (χ2v) is 4.45. The number of benzene rings is 1. The highest BCUT2D eigenvalue weighted by Gasteiger charge is 2.15. The van der Waals surface area contributed by atoms with Gasteiger partial charge in [0, 0.05) is 29.3 Å². The fourth-order valence-electron chi connectivity index (χ4n) is 1.82. The molecule has 0 unspecified atom stereocenters. The van der Waals surface area contributed by atoms with Crippen LogP contribution in [0.1, 0.15) is 11.3 Å². The quantitative estimate of drug-likeness (QED) is 0.856. The Hall–Kier alpha value is -1.13. The van der Waals surface area contributed by atoms with Gasteiger partial charge in [-0.1, -0.05) is 12.1 Å². The molecule has 4 heteroatoms. The van der Waals surface area contributed by atoms with Crippen LogP contribution >= 0.6 is 15.9 Å². The molecular weight excluding hydrogens is 254 g/mol. The maximum absolute atomic E-state index is 4.55. The Labute approximate surface area is 96.2 Å². The average Bonchev–Trinajstić information content (AvgIpc) is 2.77. The highest BCUT2D eigenvalue weighted by molar-refractivity contribution is 9.10. The molecule has 0 atom stereocenters. The number of nitrogens with one attached hydrogen (secondary N) is 1. The lowest BCUT2D eigenvalue weighted by atomic mass is 10.3. The van der Waals surface area contributed by atoms with E-state index in [1.54, 1.807) is 0 Å². The van der Waals surface area contributed by atoms with E-state index in [-0.39, 0.29) is 0 Å². The number of fused-ring (bicyclic) bond motifs is 1. The highest BCUT2D eigenvalue weighted by atomic mass is 79.9. The Morgan fingerprint density at radius 2 is 2.13 bits per heavy atom. The zero-order valence-electron chi connectivity index (χ0n) is 8.07. The number of hydrogen-bond acceptors (Lipinski definition) is 2. The summed E-state index contributed by atoms with van der Waals surface area (Å²) in [4.78, 5) is 0. The van der Waals surface area contributed by atoms with Crippen LogP contribution in [0.15, 0.2) is 34.9 Å². The summed E-state index contributed by atoms with van der Waals surface area (Å²) in [5.74, 6) is 0. The van der Waals surface area contributed by atoms with Crippen LogP contribution in [0, 0.1) is 0 Å². The van der Waals surface area contributed by atoms with Crippen LogP contribution in [-0.2, 0) is 13.1 Å². The zero-order chi connectivity index (χ0) is 10.3. The summed E-state index contributed by atoms with van der Waals surface area (Å²) in [7, 11) is 0. The topological polar surface area (TPSA) is 29.9 Å². The summed E-state index contributed by atoms with van der Waals surface area (Å²) >= 11 is 3.53. The second-order valence-electron chi connectivity index (χ2n) is 3.60. The van der Waals surface area contributed by atoms with Crippen LogP contribution in [-0.4, -0.2) is 9.78 Å². The van der Waals surface area contributed by atoms with Gasteiger partial charge >= 0.3 is 0 Å². The summed E-state index contributed by atoms with van der Waals surface area (Å²) < 4.78 is 3.01. The van der Waals surface area contributed by atoms with Crippen molar-refractivity contribution in [3.8, 4) is 5.69 Å². The molecule has 0 bridgehead atoms. The van der Waals surface area contributed by atoms with Crippen LogP contribution in [0.4, 0.5) is 0 Å². The van der Waals surface area contributed by atoms with Crippen molar-refractivity contribution >= 4 is 15.9 Å². The van der Waals surface area contributed by atoms with Crippen LogP contribution in [0.25, 0.3) is 5.69 Å². The van der Waals surface area contributed by atoms with E-state index in [1.807, 2.05) is 22.9 Å². The molecule has 0 radical (unpaired) electrons. The van der Waals surface area contributed by atoms with E-state index in [2.05, 4.69) is 38.6 Å². The first-order valence-corrected chi connectivity index (χ1v) is 5.67. The van der Waals surface area contributed by atoms with Crippen molar-refractivity contribution in [1.29, 1.82) is 0 Å². The molecule has 1 aliphatic heterocycles. The van der Waals surface area contributed by atoms with Crippen LogP contribution in [0.5, 0.6) is 0 Å². The zero-order valence-corrected chi connectivity index (χ0v) is 9.66. The van der Waals surface area contributed by atoms with Crippen molar-refractivity contribution in [3.63, 3.8) is 0 Å². The summed E-state index contributed by atoms with van der Waals surface area (Å²) in [6.07, 6.45) is 2.09. The van der Waals surface area contributed by atoms with E-state index in [4.69, 9.17) is 0 Å². The van der Waals surface area contributed by atoms with E-state index >= 15 is 0 Å². The first-order chi connectivity index (χ1) is 7.34. The molecule has 0 spiro atoms. The minimum atomic E-state index is 0.882. The molecule has 76 valence electrons. The maximum atomic E-state index is 4.55. The molecule has 1 N–H and O–H groups in total. The van der Waals surface area contributed by atoms with Gasteiger partial charge in [-0.25, -0.2) is 4.68 Å². The first kappa shape index (κ1) is 9.12. The predicted molar refractivity (Wildman–Crippen MR) is 61.8 cm³/mol. The molecule has 3 rings (SSSR count). The van der Waals surface area contributed by atoms with Gasteiger partial charge in [-0.15, -0.1) is 0 Å². The Kier molecular flexibility index (Phi) is 2.11. The molecule has 2 heterocycles. The van der Waals surface area contributed by atoms with Crippen LogP contribution in [0.2, 0.25) is 0 Å². The van der Waals surface area contributed by atoms with Gasteiger partial charge in [0.1, 0.15) is 0 Å². The van der Waals surface area contributed by atoms with Gasteiger partial charge in [0.2, 0.25) is 0 Å². The van der Waals surface area contributed by atoms with Gasteiger partial charge in [-0.3, -0.25) is 0 Å². The minimum Gasteiger partial charge on any atom is -0.307 e. The molecule has 2 aromatic rings. The smallest absolute Gasteiger partial charge is 0.0811 e. The SMILES string of the molecule is Brc1ccccc1-n1cc2c(n1)CNC2. The molecule has 15 heavy (non-hydrogen) atoms. The fourth-order valence-corrected chi connectivity index (χ4v) is 2.28. The number of nitrogens with zero attached hydrogens (tertiary/aromatic N) is 2. The van der Waals surface area contributed by atoms with Crippen molar-refractivity contribution in [2.45, 2.75) is 13.1 Å². The molecule has 1 aliphatic rings. The van der Waals surface area contributed by atoms with E-state index in [0.717, 1.165) is 28.9 Å². The fraction of sp³-hybridized carbons (Fsp3) is 0.182. The van der Waals surface area contributed by atoms with Gasteiger partial charge in [0.05, 0.1) is 11.4 Å². The van der Waals surface area contributed by atoms with Gasteiger partial charge in [-0.2, -0.15) is 5.10 Å². The number of hydrogen-bond donors (Lipinski definition) is 1. The van der Waals surface area contributed by atoms with Crippen molar-refractivity contribution in [2.75, 3.05) is 0 Å². The van der Waals surface area contributed by atoms with Crippen molar-refractivity contribution in [3.05, 3.63) is 46.2 Å². The molecule has 3 nitrogen and oxygen atoms in total. The van der Waals surface area contributed by atoms with Crippen molar-refractivity contribution < 1.29 is 0 Å². The Morgan fingerprint density at radius 1 is 1.27 bits per heavy atom. The molecule has 0 fully saturated rings. The monoisotopic (exact) mass is 263 g/mol. The number of halogens is 1. The summed E-state index contributed by atoms with van der Waals surface area (Å²) in [6, 6.07) is 8.11. The Morgan fingerprint density at radius 3 is 2.93 bits per heavy atom. The third-order valence-electron chi connectivity index (χ3n) is 2.58. The Balaban J connectivity index is 2.10. The van der Waals surface area contributed by atoms with Crippen molar-refractivity contribution in [2.24, 2.45) is 0 Å². The molecule has 0 saturated heterocycles. The summed E-state index contributed by atoms with van der Waals surface area (Å²) in [6.45, 7) is 1.81. The highest BCUT2D eigenvalue weighted by Crippen LogP contribution is 2.22. The van der Waals surface area contributed by atoms with Crippen LogP contribution < -0.4 is 5.32 Å². The van der Waals surface area contributed by atoms with E-state index in [0.29, 0.717) is 0 Å². The second kappa shape index (κ2) is 3.47. The minimum absolute atomic E-state index is 0.882. The number of para-hydroxylation sites is 1. The summed E-state index contributed by atoms with van der Waals surface area (Å²) in [5, 5.41) is 7.82. The van der Waals surface area contributed by atoms with Gasteiger partial charge in [0.25, 0.3) is 0 Å². The van der Waals surface area contributed by atoms with E-state index in [1.165, 1.54) is 5.56 Å². The third kappa shape index (κ3) is 1.50. The van der Waals surface area contributed by atoms with Crippen molar-refractivity contribution in [1.82, 2.24) is 15.1 Å². The van der Waals surface area contributed by atoms with Gasteiger partial charge < -0.3 is 5.32 Å². The van der Waals surface area contributed by atoms with E-state index < -0.39 is 0 Å². The lowest BCUT2D eigenvalue weighted by molar-refractivity contribution is 0.720. The first-order valence-electron chi connectivity index (χ1n) is 4.87. The molecule has 1 aromatic heterocycles. The molecule has 0 saturated carbocycles. The van der Waals surface area contributed by atoms with Gasteiger partial charge in [0.15, 0.2) is 0 Å². The predicted octanol–water partition coefficient (Wildman–Crippen LogP) is 2.24. The van der Waals surface area contributed by atoms with Gasteiger partial charge in [-0.05, 0) is 28.1 Å².